The lowest BCUT2D eigenvalue weighted by Gasteiger charge is -2.22. The molecule has 45 heavy (non-hydrogen) atoms. The summed E-state index contributed by atoms with van der Waals surface area (Å²) in [6.45, 7) is 16.1. The lowest BCUT2D eigenvalue weighted by molar-refractivity contribution is -0.139. The average Bonchev–Trinajstić information content (AvgIpc) is 3.26. The number of amides is 3. The van der Waals surface area contributed by atoms with Gasteiger partial charge in [-0.2, -0.15) is 0 Å². The molecule has 1 atom stereocenters. The van der Waals surface area contributed by atoms with E-state index in [1.165, 1.54) is 0 Å². The summed E-state index contributed by atoms with van der Waals surface area (Å²) >= 11 is 0. The minimum absolute atomic E-state index is 0.00911. The largest absolute Gasteiger partial charge is 0.480 e. The van der Waals surface area contributed by atoms with Gasteiger partial charge in [0, 0.05) is 12.5 Å². The normalized spacial score (nSPS) is 12.6. The molecule has 0 spiro atoms. The third kappa shape index (κ3) is 12.0. The number of carboxylic acid groups (broad SMARTS) is 1. The highest BCUT2D eigenvalue weighted by molar-refractivity contribution is 6.01. The van der Waals surface area contributed by atoms with Crippen LogP contribution in [0.25, 0.3) is 11.1 Å². The molecule has 0 fully saturated rings. The topological polar surface area (TPSA) is 165 Å². The molecule has 0 saturated carbocycles. The maximum Gasteiger partial charge on any atom is 0.414 e. The number of benzene rings is 2. The summed E-state index contributed by atoms with van der Waals surface area (Å²) in [5.41, 5.74) is 2.66. The third-order valence-corrected chi connectivity index (χ3v) is 6.09. The Kier molecular flexibility index (Phi) is 13.1. The molecule has 0 radical (unpaired) electrons. The molecule has 2 aromatic carbocycles. The van der Waals surface area contributed by atoms with Crippen molar-refractivity contribution in [1.82, 2.24) is 16.0 Å². The molecular formula is C33H44N4O8. The van der Waals surface area contributed by atoms with Gasteiger partial charge in [0.05, 0.1) is 0 Å². The standard InChI is InChI=1S/C31H40N4O8.C2H4/c1-30(2,3)42-28(39)34-26(35-29(40)43-31(4,5)6)32-17-11-16-24(25(36)37)33-27(38)41-18-23-21-14-9-7-12-19(21)20-13-8-10-15-22(20)23;1-2/h7-10,12-15,23-24H,11,16-18H2,1-6H3,(H,33,38)(H,36,37)(H2,32,34,35,39,40);1-2H2. The fraction of sp³-hybridized carbons (Fsp3) is 0.424. The van der Waals surface area contributed by atoms with Crippen LogP contribution in [0.4, 0.5) is 14.4 Å². The van der Waals surface area contributed by atoms with Crippen LogP contribution in [0.3, 0.4) is 0 Å². The van der Waals surface area contributed by atoms with Crippen LogP contribution in [0.2, 0.25) is 0 Å². The first-order valence-corrected chi connectivity index (χ1v) is 14.5. The smallest absolute Gasteiger partial charge is 0.414 e. The van der Waals surface area contributed by atoms with Crippen LogP contribution in [0.5, 0.6) is 0 Å². The summed E-state index contributed by atoms with van der Waals surface area (Å²) in [5.74, 6) is -1.62. The maximum absolute atomic E-state index is 12.6. The highest BCUT2D eigenvalue weighted by Crippen LogP contribution is 2.44. The number of aliphatic carboxylic acids is 1. The second kappa shape index (κ2) is 16.3. The number of carboxylic acids is 1. The van der Waals surface area contributed by atoms with E-state index in [2.05, 4.69) is 34.1 Å². The molecule has 0 bridgehead atoms. The molecule has 0 aliphatic heterocycles. The first-order chi connectivity index (χ1) is 21.1. The van der Waals surface area contributed by atoms with Crippen molar-refractivity contribution in [3.05, 3.63) is 72.8 Å². The molecule has 0 aromatic heterocycles. The number of carbonyl (C=O) groups excluding carboxylic acids is 3. The van der Waals surface area contributed by atoms with Gasteiger partial charge >= 0.3 is 24.2 Å². The first-order valence-electron chi connectivity index (χ1n) is 14.5. The summed E-state index contributed by atoms with van der Waals surface area (Å²) in [6, 6.07) is 14.6. The van der Waals surface area contributed by atoms with E-state index in [9.17, 15) is 24.3 Å². The molecule has 2 aromatic rings. The van der Waals surface area contributed by atoms with Crippen molar-refractivity contribution < 1.29 is 38.5 Å². The van der Waals surface area contributed by atoms with E-state index in [0.717, 1.165) is 22.3 Å². The van der Waals surface area contributed by atoms with E-state index < -0.39 is 41.5 Å². The van der Waals surface area contributed by atoms with E-state index in [4.69, 9.17) is 14.2 Å². The molecule has 1 aliphatic rings. The van der Waals surface area contributed by atoms with E-state index in [1.807, 2.05) is 48.5 Å². The number of nitrogens with zero attached hydrogens (tertiary/aromatic N) is 1. The Hall–Kier alpha value is -4.87. The van der Waals surface area contributed by atoms with Gasteiger partial charge in [0.1, 0.15) is 23.9 Å². The Balaban J connectivity index is 0.00000345. The summed E-state index contributed by atoms with van der Waals surface area (Å²) in [6.07, 6.45) is -2.34. The Morgan fingerprint density at radius 2 is 1.29 bits per heavy atom. The Morgan fingerprint density at radius 1 is 0.822 bits per heavy atom. The zero-order valence-corrected chi connectivity index (χ0v) is 26.8. The van der Waals surface area contributed by atoms with Gasteiger partial charge in [0.15, 0.2) is 0 Å². The second-order valence-corrected chi connectivity index (χ2v) is 12.0. The van der Waals surface area contributed by atoms with E-state index in [0.29, 0.717) is 0 Å². The van der Waals surface area contributed by atoms with E-state index in [-0.39, 0.29) is 37.9 Å². The number of fused-ring (bicyclic) bond motifs is 3. The van der Waals surface area contributed by atoms with E-state index >= 15 is 0 Å². The predicted octanol–water partition coefficient (Wildman–Crippen LogP) is 5.97. The molecule has 1 aliphatic carbocycles. The molecule has 1 unspecified atom stereocenters. The summed E-state index contributed by atoms with van der Waals surface area (Å²) in [7, 11) is 0. The van der Waals surface area contributed by atoms with Gasteiger partial charge in [-0.25, -0.2) is 19.2 Å². The van der Waals surface area contributed by atoms with Crippen LogP contribution in [0.1, 0.15) is 71.4 Å². The van der Waals surface area contributed by atoms with Gasteiger partial charge < -0.3 is 24.6 Å². The molecule has 0 saturated heterocycles. The summed E-state index contributed by atoms with van der Waals surface area (Å²) < 4.78 is 15.9. The lowest BCUT2D eigenvalue weighted by atomic mass is 9.98. The van der Waals surface area contributed by atoms with Crippen molar-refractivity contribution in [2.24, 2.45) is 4.99 Å². The van der Waals surface area contributed by atoms with E-state index in [1.54, 1.807) is 41.5 Å². The van der Waals surface area contributed by atoms with Gasteiger partial charge in [-0.1, -0.05) is 48.5 Å². The molecule has 4 N–H and O–H groups in total. The van der Waals surface area contributed by atoms with Crippen molar-refractivity contribution in [3.63, 3.8) is 0 Å². The van der Waals surface area contributed by atoms with Crippen LogP contribution >= 0.6 is 0 Å². The van der Waals surface area contributed by atoms with Gasteiger partial charge in [-0.15, -0.1) is 13.2 Å². The Bertz CT molecular complexity index is 1300. The molecule has 12 nitrogen and oxygen atoms in total. The van der Waals surface area contributed by atoms with Gasteiger partial charge in [-0.05, 0) is 76.6 Å². The van der Waals surface area contributed by atoms with Crippen molar-refractivity contribution >= 4 is 30.2 Å². The van der Waals surface area contributed by atoms with Crippen LogP contribution < -0.4 is 16.0 Å². The number of nitrogens with one attached hydrogen (secondary N) is 3. The minimum Gasteiger partial charge on any atom is -0.480 e. The zero-order valence-electron chi connectivity index (χ0n) is 26.8. The minimum atomic E-state index is -1.24. The molecule has 244 valence electrons. The lowest BCUT2D eigenvalue weighted by Crippen LogP contribution is -2.47. The Morgan fingerprint density at radius 3 is 1.73 bits per heavy atom. The number of hydrogen-bond donors (Lipinski definition) is 4. The number of rotatable bonds is 8. The quantitative estimate of drug-likeness (QED) is 0.0918. The van der Waals surface area contributed by atoms with Crippen molar-refractivity contribution in [2.75, 3.05) is 13.2 Å². The monoisotopic (exact) mass is 624 g/mol. The van der Waals surface area contributed by atoms with Crippen molar-refractivity contribution in [3.8, 4) is 11.1 Å². The first kappa shape index (κ1) is 36.3. The molecule has 12 heteroatoms. The number of hydrogen-bond acceptors (Lipinski definition) is 8. The van der Waals surface area contributed by atoms with Crippen LogP contribution in [0.15, 0.2) is 66.7 Å². The second-order valence-electron chi connectivity index (χ2n) is 12.0. The van der Waals surface area contributed by atoms with Crippen molar-refractivity contribution in [1.29, 1.82) is 0 Å². The maximum atomic E-state index is 12.6. The van der Waals surface area contributed by atoms with Crippen LogP contribution in [-0.4, -0.2) is 65.7 Å². The number of ether oxygens (including phenoxy) is 3. The zero-order chi connectivity index (χ0) is 33.8. The average molecular weight is 625 g/mol. The van der Waals surface area contributed by atoms with Gasteiger partial charge in [0.25, 0.3) is 0 Å². The predicted molar refractivity (Wildman–Crippen MR) is 171 cm³/mol. The third-order valence-electron chi connectivity index (χ3n) is 6.09. The highest BCUT2D eigenvalue weighted by Gasteiger charge is 2.30. The fourth-order valence-electron chi connectivity index (χ4n) is 4.44. The van der Waals surface area contributed by atoms with Crippen LogP contribution in [-0.2, 0) is 19.0 Å². The number of aliphatic imine (C=N–C) groups is 1. The Labute approximate surface area is 264 Å². The van der Waals surface area contributed by atoms with Gasteiger partial charge in [0.2, 0.25) is 5.96 Å². The number of guanidine groups is 1. The molecule has 0 heterocycles. The fourth-order valence-corrected chi connectivity index (χ4v) is 4.44. The van der Waals surface area contributed by atoms with Crippen LogP contribution in [0, 0.1) is 0 Å². The highest BCUT2D eigenvalue weighted by atomic mass is 16.6. The number of carbonyl (C=O) groups is 4. The molecule has 3 rings (SSSR count). The molecule has 3 amide bonds. The molecular weight excluding hydrogens is 580 g/mol. The SMILES string of the molecule is C=C.CC(C)(C)OC(=O)NC(=NCCCC(NC(=O)OCC1c2ccccc2-c2ccccc21)C(=O)O)NC(=O)OC(C)(C)C. The summed E-state index contributed by atoms with van der Waals surface area (Å²) in [5, 5.41) is 16.8. The van der Waals surface area contributed by atoms with Crippen molar-refractivity contribution in [2.45, 2.75) is 77.5 Å². The summed E-state index contributed by atoms with van der Waals surface area (Å²) in [4.78, 5) is 53.1. The van der Waals surface area contributed by atoms with Gasteiger partial charge in [-0.3, -0.25) is 15.6 Å². The number of alkyl carbamates (subject to hydrolysis) is 3.